The van der Waals surface area contributed by atoms with Crippen molar-refractivity contribution in [3.63, 3.8) is 0 Å². The van der Waals surface area contributed by atoms with Crippen LogP contribution in [-0.4, -0.2) is 24.0 Å². The fourth-order valence-electron chi connectivity index (χ4n) is 5.94. The van der Waals surface area contributed by atoms with Gasteiger partial charge in [0.15, 0.2) is 0 Å². The standard InChI is InChI=1S/C24H31N3O2/c1-15-11-16-5-2-3-8-21(16)27(15)14-22-20(9-10-29-22)24(28)26-23-17-6-4-7-18(23)13-19(25)12-17/h2-3,5,8-10,15,17-19,23H,4,6-7,11-14,25H2,1H3,(H,26,28). The summed E-state index contributed by atoms with van der Waals surface area (Å²) in [4.78, 5) is 15.5. The van der Waals surface area contributed by atoms with Gasteiger partial charge in [-0.15, -0.1) is 0 Å². The second-order valence-electron chi connectivity index (χ2n) is 9.25. The van der Waals surface area contributed by atoms with E-state index in [4.69, 9.17) is 10.2 Å². The van der Waals surface area contributed by atoms with Crippen molar-refractivity contribution in [3.8, 4) is 0 Å². The molecule has 3 atom stereocenters. The second kappa shape index (κ2) is 7.52. The number of para-hydroxylation sites is 1. The second-order valence-corrected chi connectivity index (χ2v) is 9.25. The summed E-state index contributed by atoms with van der Waals surface area (Å²) in [6.45, 7) is 2.85. The molecule has 5 nitrogen and oxygen atoms in total. The van der Waals surface area contributed by atoms with Gasteiger partial charge in [0.25, 0.3) is 5.91 Å². The number of furan rings is 1. The number of rotatable bonds is 4. The fraction of sp³-hybridized carbons (Fsp3) is 0.542. The first-order chi connectivity index (χ1) is 14.1. The van der Waals surface area contributed by atoms with Crippen molar-refractivity contribution < 1.29 is 9.21 Å². The molecule has 0 spiro atoms. The van der Waals surface area contributed by atoms with Gasteiger partial charge in [0, 0.05) is 23.8 Å². The minimum absolute atomic E-state index is 0.00579. The normalized spacial score (nSPS) is 30.8. The van der Waals surface area contributed by atoms with Crippen LogP contribution in [0.15, 0.2) is 41.0 Å². The van der Waals surface area contributed by atoms with Crippen molar-refractivity contribution in [1.82, 2.24) is 5.32 Å². The number of nitrogens with one attached hydrogen (secondary N) is 1. The van der Waals surface area contributed by atoms with Crippen molar-refractivity contribution >= 4 is 11.6 Å². The molecule has 3 N–H and O–H groups in total. The highest BCUT2D eigenvalue weighted by Crippen LogP contribution is 2.40. The lowest BCUT2D eigenvalue weighted by Gasteiger charge is -2.45. The third kappa shape index (κ3) is 3.46. The molecule has 1 aromatic carbocycles. The van der Waals surface area contributed by atoms with Crippen LogP contribution < -0.4 is 16.0 Å². The summed E-state index contributed by atoms with van der Waals surface area (Å²) in [7, 11) is 0. The van der Waals surface area contributed by atoms with Crippen LogP contribution in [0.1, 0.15) is 60.7 Å². The zero-order chi connectivity index (χ0) is 20.0. The van der Waals surface area contributed by atoms with E-state index in [2.05, 4.69) is 41.4 Å². The maximum Gasteiger partial charge on any atom is 0.255 e. The molecule has 29 heavy (non-hydrogen) atoms. The average Bonchev–Trinajstić information content (AvgIpc) is 3.27. The van der Waals surface area contributed by atoms with Gasteiger partial charge in [-0.2, -0.15) is 0 Å². The zero-order valence-electron chi connectivity index (χ0n) is 17.1. The molecule has 3 unspecified atom stereocenters. The number of hydrogen-bond acceptors (Lipinski definition) is 4. The summed E-state index contributed by atoms with van der Waals surface area (Å²) in [5, 5.41) is 3.37. The monoisotopic (exact) mass is 393 g/mol. The SMILES string of the molecule is CC1Cc2ccccc2N1Cc1occc1C(=O)NC1C2CCCC1CC(N)C2. The highest BCUT2D eigenvalue weighted by molar-refractivity contribution is 5.95. The minimum atomic E-state index is 0.00579. The van der Waals surface area contributed by atoms with Crippen LogP contribution >= 0.6 is 0 Å². The number of carbonyl (C=O) groups excluding carboxylic acids is 1. The maximum atomic E-state index is 13.2. The van der Waals surface area contributed by atoms with Crippen LogP contribution in [0.3, 0.4) is 0 Å². The van der Waals surface area contributed by atoms with Gasteiger partial charge in [-0.25, -0.2) is 0 Å². The van der Waals surface area contributed by atoms with Crippen molar-refractivity contribution in [2.45, 2.75) is 70.1 Å². The van der Waals surface area contributed by atoms with Crippen LogP contribution in [0.4, 0.5) is 5.69 Å². The van der Waals surface area contributed by atoms with E-state index in [0.29, 0.717) is 36.0 Å². The predicted octanol–water partition coefficient (Wildman–Crippen LogP) is 3.87. The Morgan fingerprint density at radius 1 is 1.21 bits per heavy atom. The first kappa shape index (κ1) is 18.7. The van der Waals surface area contributed by atoms with E-state index < -0.39 is 0 Å². The molecule has 2 bridgehead atoms. The zero-order valence-corrected chi connectivity index (χ0v) is 17.1. The van der Waals surface area contributed by atoms with Gasteiger partial charge in [-0.05, 0) is 68.6 Å². The molecule has 5 rings (SSSR count). The molecule has 0 radical (unpaired) electrons. The van der Waals surface area contributed by atoms with Gasteiger partial charge in [0.05, 0.1) is 18.4 Å². The molecule has 2 heterocycles. The lowest BCUT2D eigenvalue weighted by atomic mass is 9.67. The molecule has 1 aromatic heterocycles. The molecule has 2 aromatic rings. The Balaban J connectivity index is 1.32. The third-order valence-electron chi connectivity index (χ3n) is 7.33. The Morgan fingerprint density at radius 2 is 1.97 bits per heavy atom. The van der Waals surface area contributed by atoms with Crippen LogP contribution in [0.5, 0.6) is 0 Å². The van der Waals surface area contributed by atoms with Gasteiger partial charge in [-0.3, -0.25) is 4.79 Å². The van der Waals surface area contributed by atoms with Crippen molar-refractivity contribution in [2.75, 3.05) is 4.90 Å². The van der Waals surface area contributed by atoms with E-state index in [1.54, 1.807) is 6.26 Å². The average molecular weight is 394 g/mol. The Labute approximate surface area is 172 Å². The number of nitrogens with two attached hydrogens (primary N) is 1. The highest BCUT2D eigenvalue weighted by atomic mass is 16.3. The van der Waals surface area contributed by atoms with Gasteiger partial charge in [-0.1, -0.05) is 24.6 Å². The van der Waals surface area contributed by atoms with Crippen LogP contribution in [0.2, 0.25) is 0 Å². The Morgan fingerprint density at radius 3 is 2.76 bits per heavy atom. The number of hydrogen-bond donors (Lipinski definition) is 2. The number of benzene rings is 1. The molecule has 2 saturated carbocycles. The summed E-state index contributed by atoms with van der Waals surface area (Å²) in [5.74, 6) is 1.79. The Bertz CT molecular complexity index is 878. The topological polar surface area (TPSA) is 71.5 Å². The van der Waals surface area contributed by atoms with Crippen molar-refractivity contribution in [1.29, 1.82) is 0 Å². The lowest BCUT2D eigenvalue weighted by molar-refractivity contribution is 0.0754. The summed E-state index contributed by atoms with van der Waals surface area (Å²) < 4.78 is 5.79. The Kier molecular flexibility index (Phi) is 4.86. The van der Waals surface area contributed by atoms with E-state index >= 15 is 0 Å². The van der Waals surface area contributed by atoms with Crippen molar-refractivity contribution in [3.05, 3.63) is 53.5 Å². The molecule has 3 aliphatic rings. The van der Waals surface area contributed by atoms with Gasteiger partial charge in [0.2, 0.25) is 0 Å². The molecule has 0 saturated heterocycles. The molecule has 154 valence electrons. The van der Waals surface area contributed by atoms with E-state index in [1.807, 2.05) is 6.07 Å². The number of nitrogens with zero attached hydrogens (tertiary/aromatic N) is 1. The predicted molar refractivity (Wildman–Crippen MR) is 114 cm³/mol. The fourth-order valence-corrected chi connectivity index (χ4v) is 5.94. The van der Waals surface area contributed by atoms with Crippen LogP contribution in [0, 0.1) is 11.8 Å². The molecule has 2 aliphatic carbocycles. The third-order valence-corrected chi connectivity index (χ3v) is 7.33. The minimum Gasteiger partial charge on any atom is -0.467 e. The lowest BCUT2D eigenvalue weighted by Crippen LogP contribution is -2.53. The molecule has 5 heteroatoms. The molecular weight excluding hydrogens is 362 g/mol. The first-order valence-electron chi connectivity index (χ1n) is 11.1. The first-order valence-corrected chi connectivity index (χ1v) is 11.1. The van der Waals surface area contributed by atoms with Gasteiger partial charge >= 0.3 is 0 Å². The number of anilines is 1. The summed E-state index contributed by atoms with van der Waals surface area (Å²) in [5.41, 5.74) is 9.54. The smallest absolute Gasteiger partial charge is 0.255 e. The molecule has 1 amide bonds. The largest absolute Gasteiger partial charge is 0.467 e. The summed E-state index contributed by atoms with van der Waals surface area (Å²) in [6.07, 6.45) is 8.35. The quantitative estimate of drug-likeness (QED) is 0.827. The van der Waals surface area contributed by atoms with E-state index in [0.717, 1.165) is 25.0 Å². The van der Waals surface area contributed by atoms with Crippen LogP contribution in [0.25, 0.3) is 0 Å². The number of amides is 1. The van der Waals surface area contributed by atoms with E-state index in [9.17, 15) is 4.79 Å². The molecule has 1 aliphatic heterocycles. The summed E-state index contributed by atoms with van der Waals surface area (Å²) >= 11 is 0. The van der Waals surface area contributed by atoms with Gasteiger partial charge in [0.1, 0.15) is 5.76 Å². The van der Waals surface area contributed by atoms with Gasteiger partial charge < -0.3 is 20.4 Å². The highest BCUT2D eigenvalue weighted by Gasteiger charge is 2.40. The number of fused-ring (bicyclic) bond motifs is 3. The molecular formula is C24H31N3O2. The van der Waals surface area contributed by atoms with E-state index in [1.165, 1.54) is 30.5 Å². The summed E-state index contributed by atoms with van der Waals surface area (Å²) in [6, 6.07) is 11.3. The van der Waals surface area contributed by atoms with Crippen molar-refractivity contribution in [2.24, 2.45) is 17.6 Å². The Hall–Kier alpha value is -2.27. The molecule has 2 fully saturated rings. The van der Waals surface area contributed by atoms with E-state index in [-0.39, 0.29) is 11.9 Å². The maximum absolute atomic E-state index is 13.2. The number of carbonyl (C=O) groups is 1. The van der Waals surface area contributed by atoms with Crippen LogP contribution in [-0.2, 0) is 13.0 Å².